The van der Waals surface area contributed by atoms with E-state index in [0.29, 0.717) is 19.4 Å². The second-order valence-corrected chi connectivity index (χ2v) is 2.51. The zero-order valence-electron chi connectivity index (χ0n) is 6.92. The van der Waals surface area contributed by atoms with Crippen molar-refractivity contribution >= 4 is 5.97 Å². The third-order valence-electron chi connectivity index (χ3n) is 1.57. The van der Waals surface area contributed by atoms with E-state index < -0.39 is 18.8 Å². The number of carbonyl (C=O) groups is 1. The van der Waals surface area contributed by atoms with Gasteiger partial charge in [-0.2, -0.15) is 0 Å². The average molecular weight is 178 g/mol. The van der Waals surface area contributed by atoms with Crippen LogP contribution in [0.4, 0.5) is 4.39 Å². The summed E-state index contributed by atoms with van der Waals surface area (Å²) < 4.78 is 11.7. The van der Waals surface area contributed by atoms with Crippen LogP contribution in [0.5, 0.6) is 0 Å². The van der Waals surface area contributed by atoms with Crippen molar-refractivity contribution in [2.75, 3.05) is 13.3 Å². The Morgan fingerprint density at radius 2 is 2.25 bits per heavy atom. The third kappa shape index (κ3) is 5.03. The maximum atomic E-state index is 11.7. The van der Waals surface area contributed by atoms with Crippen molar-refractivity contribution in [2.24, 2.45) is 5.73 Å². The molecule has 0 aliphatic heterocycles. The standard InChI is InChI=1S/C7H15FN2O2/c8-5-10-6(7(11)12)3-1-2-4-9/h6,10H,1-5,9H2,(H,11,12). The summed E-state index contributed by atoms with van der Waals surface area (Å²) in [7, 11) is 0. The second kappa shape index (κ2) is 7.00. The quantitative estimate of drug-likeness (QED) is 0.381. The van der Waals surface area contributed by atoms with Crippen LogP contribution in [0.25, 0.3) is 0 Å². The first-order chi connectivity index (χ1) is 5.72. The molecule has 0 aliphatic rings. The fourth-order valence-corrected chi connectivity index (χ4v) is 0.899. The highest BCUT2D eigenvalue weighted by Crippen LogP contribution is 2.00. The predicted octanol–water partition coefficient (Wildman–Crippen LogP) is 0.0852. The number of hydrogen-bond acceptors (Lipinski definition) is 3. The summed E-state index contributed by atoms with van der Waals surface area (Å²) in [5.74, 6) is -1.01. The molecule has 0 aromatic carbocycles. The van der Waals surface area contributed by atoms with Crippen molar-refractivity contribution in [1.29, 1.82) is 0 Å². The van der Waals surface area contributed by atoms with Crippen molar-refractivity contribution in [3.8, 4) is 0 Å². The van der Waals surface area contributed by atoms with Crippen LogP contribution in [-0.2, 0) is 4.79 Å². The molecule has 0 saturated heterocycles. The number of carboxylic acids is 1. The summed E-state index contributed by atoms with van der Waals surface area (Å²) in [5, 5.41) is 10.8. The van der Waals surface area contributed by atoms with E-state index >= 15 is 0 Å². The molecule has 4 nitrogen and oxygen atoms in total. The van der Waals surface area contributed by atoms with Gasteiger partial charge in [0.05, 0.1) is 0 Å². The van der Waals surface area contributed by atoms with Gasteiger partial charge in [-0.1, -0.05) is 6.42 Å². The number of unbranched alkanes of at least 4 members (excludes halogenated alkanes) is 1. The van der Waals surface area contributed by atoms with Gasteiger partial charge < -0.3 is 10.8 Å². The largest absolute Gasteiger partial charge is 0.480 e. The van der Waals surface area contributed by atoms with Crippen molar-refractivity contribution in [1.82, 2.24) is 5.32 Å². The van der Waals surface area contributed by atoms with Gasteiger partial charge in [-0.05, 0) is 19.4 Å². The Hall–Kier alpha value is -0.680. The summed E-state index contributed by atoms with van der Waals surface area (Å²) >= 11 is 0. The van der Waals surface area contributed by atoms with Crippen molar-refractivity contribution < 1.29 is 14.3 Å². The number of carboxylic acid groups (broad SMARTS) is 1. The Morgan fingerprint density at radius 1 is 1.58 bits per heavy atom. The van der Waals surface area contributed by atoms with Crippen LogP contribution in [0.1, 0.15) is 19.3 Å². The molecule has 0 rings (SSSR count). The lowest BCUT2D eigenvalue weighted by Gasteiger charge is -2.10. The molecule has 72 valence electrons. The van der Waals surface area contributed by atoms with Gasteiger partial charge in [0, 0.05) is 0 Å². The SMILES string of the molecule is NCCCCC(NCF)C(=O)O. The molecule has 0 radical (unpaired) electrons. The molecule has 1 atom stereocenters. The molecule has 0 bridgehead atoms. The van der Waals surface area contributed by atoms with Gasteiger partial charge in [0.1, 0.15) is 12.8 Å². The number of rotatable bonds is 7. The Balaban J connectivity index is 3.56. The summed E-state index contributed by atoms with van der Waals surface area (Å²) in [6, 6.07) is -0.776. The maximum absolute atomic E-state index is 11.7. The van der Waals surface area contributed by atoms with Gasteiger partial charge in [0.2, 0.25) is 0 Å². The van der Waals surface area contributed by atoms with Crippen molar-refractivity contribution in [2.45, 2.75) is 25.3 Å². The molecular formula is C7H15FN2O2. The molecule has 0 amide bonds. The predicted molar refractivity (Wildman–Crippen MR) is 43.4 cm³/mol. The molecule has 0 spiro atoms. The van der Waals surface area contributed by atoms with Crippen molar-refractivity contribution in [3.05, 3.63) is 0 Å². The Morgan fingerprint density at radius 3 is 2.67 bits per heavy atom. The van der Waals surface area contributed by atoms with E-state index in [9.17, 15) is 9.18 Å². The topological polar surface area (TPSA) is 75.3 Å². The van der Waals surface area contributed by atoms with Crippen LogP contribution in [0.2, 0.25) is 0 Å². The van der Waals surface area contributed by atoms with Crippen LogP contribution >= 0.6 is 0 Å². The van der Waals surface area contributed by atoms with Crippen LogP contribution in [0, 0.1) is 0 Å². The minimum atomic E-state index is -1.01. The zero-order valence-corrected chi connectivity index (χ0v) is 6.92. The number of nitrogens with one attached hydrogen (secondary N) is 1. The fourth-order valence-electron chi connectivity index (χ4n) is 0.899. The molecule has 0 saturated carbocycles. The van der Waals surface area contributed by atoms with E-state index in [1.807, 2.05) is 0 Å². The smallest absolute Gasteiger partial charge is 0.320 e. The van der Waals surface area contributed by atoms with E-state index in [-0.39, 0.29) is 0 Å². The number of alkyl halides is 1. The van der Waals surface area contributed by atoms with Crippen LogP contribution < -0.4 is 11.1 Å². The van der Waals surface area contributed by atoms with Gasteiger partial charge >= 0.3 is 5.97 Å². The third-order valence-corrected chi connectivity index (χ3v) is 1.57. The monoisotopic (exact) mass is 178 g/mol. The molecular weight excluding hydrogens is 163 g/mol. The van der Waals surface area contributed by atoms with Gasteiger partial charge in [0.15, 0.2) is 0 Å². The van der Waals surface area contributed by atoms with Crippen molar-refractivity contribution in [3.63, 3.8) is 0 Å². The minimum absolute atomic E-state index is 0.427. The van der Waals surface area contributed by atoms with E-state index in [1.54, 1.807) is 0 Å². The highest BCUT2D eigenvalue weighted by molar-refractivity contribution is 5.73. The lowest BCUT2D eigenvalue weighted by molar-refractivity contribution is -0.139. The molecule has 0 aromatic heterocycles. The second-order valence-electron chi connectivity index (χ2n) is 2.51. The minimum Gasteiger partial charge on any atom is -0.480 e. The summed E-state index contributed by atoms with van der Waals surface area (Å²) in [6.07, 6.45) is 1.91. The Bertz CT molecular complexity index is 133. The Labute approximate surface area is 70.9 Å². The van der Waals surface area contributed by atoms with Gasteiger partial charge in [-0.15, -0.1) is 0 Å². The van der Waals surface area contributed by atoms with E-state index in [1.165, 1.54) is 0 Å². The molecule has 0 fully saturated rings. The number of hydrogen-bond donors (Lipinski definition) is 3. The summed E-state index contributed by atoms with van der Waals surface area (Å²) in [4.78, 5) is 10.4. The highest BCUT2D eigenvalue weighted by atomic mass is 19.1. The Kier molecular flexibility index (Phi) is 6.60. The number of aliphatic carboxylic acids is 1. The van der Waals surface area contributed by atoms with Crippen LogP contribution in [0.3, 0.4) is 0 Å². The first-order valence-corrected chi connectivity index (χ1v) is 3.94. The van der Waals surface area contributed by atoms with E-state index in [0.717, 1.165) is 6.42 Å². The van der Waals surface area contributed by atoms with Gasteiger partial charge in [-0.25, -0.2) is 4.39 Å². The first kappa shape index (κ1) is 11.3. The normalized spacial score (nSPS) is 12.8. The molecule has 12 heavy (non-hydrogen) atoms. The molecule has 0 aromatic rings. The highest BCUT2D eigenvalue weighted by Gasteiger charge is 2.14. The maximum Gasteiger partial charge on any atom is 0.320 e. The van der Waals surface area contributed by atoms with Crippen LogP contribution in [0.15, 0.2) is 0 Å². The average Bonchev–Trinajstić information content (AvgIpc) is 2.03. The molecule has 0 heterocycles. The summed E-state index contributed by atoms with van der Waals surface area (Å²) in [6.45, 7) is -0.262. The molecule has 0 aliphatic carbocycles. The van der Waals surface area contributed by atoms with Gasteiger partial charge in [-0.3, -0.25) is 10.1 Å². The number of halogens is 1. The van der Waals surface area contributed by atoms with Crippen LogP contribution in [-0.4, -0.2) is 30.5 Å². The van der Waals surface area contributed by atoms with E-state index in [4.69, 9.17) is 10.8 Å². The first-order valence-electron chi connectivity index (χ1n) is 3.94. The lowest BCUT2D eigenvalue weighted by Crippen LogP contribution is -2.36. The molecule has 1 unspecified atom stereocenters. The molecule has 5 heteroatoms. The van der Waals surface area contributed by atoms with Gasteiger partial charge in [0.25, 0.3) is 0 Å². The lowest BCUT2D eigenvalue weighted by atomic mass is 10.1. The zero-order chi connectivity index (χ0) is 9.40. The summed E-state index contributed by atoms with van der Waals surface area (Å²) in [5.41, 5.74) is 5.22. The molecule has 4 N–H and O–H groups in total. The number of nitrogens with two attached hydrogens (primary N) is 1. The van der Waals surface area contributed by atoms with E-state index in [2.05, 4.69) is 5.32 Å². The fraction of sp³-hybridized carbons (Fsp3) is 0.857.